The van der Waals surface area contributed by atoms with Crippen molar-refractivity contribution in [2.45, 2.75) is 51.9 Å². The molecule has 7 rings (SSSR count). The Balaban J connectivity index is 1.54. The van der Waals surface area contributed by atoms with Crippen LogP contribution in [0.4, 0.5) is 35.5 Å². The van der Waals surface area contributed by atoms with Crippen molar-refractivity contribution in [2.24, 2.45) is 0 Å². The zero-order valence-electron chi connectivity index (χ0n) is 25.3. The van der Waals surface area contributed by atoms with Crippen molar-refractivity contribution in [3.63, 3.8) is 0 Å². The largest absolute Gasteiger partial charge is 0.492 e. The van der Waals surface area contributed by atoms with E-state index in [0.29, 0.717) is 49.5 Å². The van der Waals surface area contributed by atoms with Gasteiger partial charge in [-0.15, -0.1) is 0 Å². The van der Waals surface area contributed by atoms with Crippen LogP contribution in [0.3, 0.4) is 0 Å². The number of nitrogens with one attached hydrogen (secondary N) is 4. The third-order valence-corrected chi connectivity index (χ3v) is 6.30. The maximum Gasteiger partial charge on any atom is 0.422 e. The van der Waals surface area contributed by atoms with E-state index in [1.54, 1.807) is 41.3 Å². The van der Waals surface area contributed by atoms with E-state index in [1.807, 2.05) is 32.9 Å². The molecule has 242 valence electrons. The monoisotopic (exact) mass is 630 g/mol. The number of halogens is 3. The van der Waals surface area contributed by atoms with Crippen molar-refractivity contribution in [2.75, 3.05) is 43.5 Å². The highest BCUT2D eigenvalue weighted by molar-refractivity contribution is 5.94. The summed E-state index contributed by atoms with van der Waals surface area (Å²) >= 11 is 0. The number of benzene rings is 2. The summed E-state index contributed by atoms with van der Waals surface area (Å²) in [7, 11) is 0. The molecule has 15 heteroatoms. The Morgan fingerprint density at radius 1 is 0.956 bits per heavy atom. The van der Waals surface area contributed by atoms with Crippen LogP contribution in [0.5, 0.6) is 11.8 Å². The molecule has 3 amide bonds. The molecule has 0 saturated heterocycles. The van der Waals surface area contributed by atoms with E-state index in [1.165, 1.54) is 0 Å². The third-order valence-electron chi connectivity index (χ3n) is 6.30. The number of amides is 3. The number of hydrogen-bond acceptors (Lipinski definition) is 9. The zero-order valence-corrected chi connectivity index (χ0v) is 25.3. The summed E-state index contributed by atoms with van der Waals surface area (Å²) < 4.78 is 49.1. The van der Waals surface area contributed by atoms with Crippen LogP contribution in [0.25, 0.3) is 0 Å². The summed E-state index contributed by atoms with van der Waals surface area (Å²) in [6.45, 7) is 5.95. The zero-order chi connectivity index (χ0) is 32.5. The van der Waals surface area contributed by atoms with Crippen LogP contribution in [-0.4, -0.2) is 76.4 Å². The topological polar surface area (TPSA) is 143 Å². The van der Waals surface area contributed by atoms with E-state index in [0.717, 1.165) is 5.56 Å². The number of aromatic nitrogens is 3. The van der Waals surface area contributed by atoms with Crippen molar-refractivity contribution < 1.29 is 32.2 Å². The molecule has 4 N–H and O–H groups in total. The summed E-state index contributed by atoms with van der Waals surface area (Å²) in [5.74, 6) is 0.272. The Hall–Kier alpha value is -4.82. The molecular weight excluding hydrogens is 593 g/mol. The minimum atomic E-state index is -4.58. The minimum Gasteiger partial charge on any atom is -0.492 e. The third kappa shape index (κ3) is 11.3. The molecule has 0 radical (unpaired) electrons. The Morgan fingerprint density at radius 3 is 2.36 bits per heavy atom. The molecule has 0 unspecified atom stereocenters. The maximum atomic E-state index is 12.9. The molecule has 45 heavy (non-hydrogen) atoms. The van der Waals surface area contributed by atoms with Gasteiger partial charge in [0.15, 0.2) is 6.61 Å². The van der Waals surface area contributed by atoms with Crippen LogP contribution in [0, 0.1) is 0 Å². The Kier molecular flexibility index (Phi) is 10.9. The van der Waals surface area contributed by atoms with E-state index < -0.39 is 24.3 Å². The fourth-order valence-corrected chi connectivity index (χ4v) is 4.14. The molecule has 4 aliphatic heterocycles. The summed E-state index contributed by atoms with van der Waals surface area (Å²) in [5.41, 5.74) is 1.32. The van der Waals surface area contributed by atoms with Gasteiger partial charge in [0.2, 0.25) is 11.9 Å². The fraction of sp³-hybridized carbons (Fsp3) is 0.433. The van der Waals surface area contributed by atoms with Crippen molar-refractivity contribution in [1.29, 1.82) is 0 Å². The molecule has 6 bridgehead atoms. The van der Waals surface area contributed by atoms with Crippen molar-refractivity contribution in [3.8, 4) is 11.8 Å². The maximum absolute atomic E-state index is 12.9. The van der Waals surface area contributed by atoms with Crippen LogP contribution in [-0.2, 0) is 6.54 Å². The SMILES string of the molecule is CC(C)(C)NC(=O)N1CCCCNC(=O)c2ccc(cc2)Nc2nc(nc(OCC(F)(F)F)n2)NCc2ccc(cc2)OCC1. The molecule has 0 aliphatic carbocycles. The van der Waals surface area contributed by atoms with Crippen LogP contribution in [0.1, 0.15) is 49.5 Å². The summed E-state index contributed by atoms with van der Waals surface area (Å²) in [6, 6.07) is 12.9. The Bertz CT molecular complexity index is 1430. The fourth-order valence-electron chi connectivity index (χ4n) is 4.14. The number of alkyl halides is 3. The number of carbonyl (C=O) groups excluding carboxylic acids is 2. The number of ether oxygens (including phenoxy) is 2. The molecule has 3 aromatic rings. The van der Waals surface area contributed by atoms with Gasteiger partial charge in [0, 0.05) is 36.4 Å². The summed E-state index contributed by atoms with van der Waals surface area (Å²) in [5, 5.41) is 11.8. The lowest BCUT2D eigenvalue weighted by molar-refractivity contribution is -0.154. The average molecular weight is 631 g/mol. The first-order valence-corrected chi connectivity index (χ1v) is 14.5. The van der Waals surface area contributed by atoms with Gasteiger partial charge < -0.3 is 35.6 Å². The molecule has 0 fully saturated rings. The van der Waals surface area contributed by atoms with Gasteiger partial charge in [-0.2, -0.15) is 28.1 Å². The number of hydrogen-bond donors (Lipinski definition) is 4. The second kappa shape index (κ2) is 14.8. The highest BCUT2D eigenvalue weighted by atomic mass is 19.4. The number of nitrogens with zero attached hydrogens (tertiary/aromatic N) is 4. The lowest BCUT2D eigenvalue weighted by Gasteiger charge is -2.28. The Morgan fingerprint density at radius 2 is 1.67 bits per heavy atom. The second-order valence-electron chi connectivity index (χ2n) is 11.3. The Labute approximate surface area is 259 Å². The van der Waals surface area contributed by atoms with E-state index in [4.69, 9.17) is 9.47 Å². The lowest BCUT2D eigenvalue weighted by Crippen LogP contribution is -2.49. The van der Waals surface area contributed by atoms with Gasteiger partial charge in [-0.05, 0) is 75.6 Å². The first kappa shape index (κ1) is 33.1. The van der Waals surface area contributed by atoms with Crippen molar-refractivity contribution in [1.82, 2.24) is 30.5 Å². The molecule has 5 heterocycles. The van der Waals surface area contributed by atoms with Crippen LogP contribution < -0.4 is 30.7 Å². The van der Waals surface area contributed by atoms with Gasteiger partial charge in [-0.1, -0.05) is 12.1 Å². The van der Waals surface area contributed by atoms with Gasteiger partial charge in [-0.25, -0.2) is 4.79 Å². The standard InChI is InChI=1S/C30H37F3N8O4/c1-29(2,3)40-28(43)41-15-5-4-14-34-24(42)21-8-10-22(11-9-21)36-26-37-25(38-27(39-26)45-19-30(31,32)33)35-18-20-6-12-23(13-7-20)44-17-16-41/h6-13H,4-5,14-19H2,1-3H3,(H,34,42)(H,40,43)(H2,35,36,37,38,39). The van der Waals surface area contributed by atoms with Gasteiger partial charge in [0.25, 0.3) is 5.91 Å². The highest BCUT2D eigenvalue weighted by Gasteiger charge is 2.29. The molecule has 2 aromatic carbocycles. The molecule has 12 nitrogen and oxygen atoms in total. The average Bonchev–Trinajstić information content (AvgIpc) is 2.97. The number of anilines is 3. The molecule has 4 aliphatic rings. The number of rotatable bonds is 2. The van der Waals surface area contributed by atoms with Gasteiger partial charge in [-0.3, -0.25) is 4.79 Å². The van der Waals surface area contributed by atoms with Crippen LogP contribution in [0.2, 0.25) is 0 Å². The van der Waals surface area contributed by atoms with Crippen molar-refractivity contribution >= 4 is 29.5 Å². The second-order valence-corrected chi connectivity index (χ2v) is 11.3. The number of urea groups is 1. The van der Waals surface area contributed by atoms with Crippen molar-refractivity contribution in [3.05, 3.63) is 59.7 Å². The predicted octanol–water partition coefficient (Wildman–Crippen LogP) is 4.88. The molecule has 1 aromatic heterocycles. The van der Waals surface area contributed by atoms with E-state index in [-0.39, 0.29) is 37.0 Å². The minimum absolute atomic E-state index is 0.0101. The first-order valence-electron chi connectivity index (χ1n) is 14.5. The molecule has 0 atom stereocenters. The molecule has 0 saturated carbocycles. The van der Waals surface area contributed by atoms with Gasteiger partial charge in [0.05, 0.1) is 6.54 Å². The number of carbonyl (C=O) groups is 2. The van der Waals surface area contributed by atoms with Crippen LogP contribution >= 0.6 is 0 Å². The van der Waals surface area contributed by atoms with Gasteiger partial charge in [0.1, 0.15) is 12.4 Å². The van der Waals surface area contributed by atoms with E-state index in [9.17, 15) is 22.8 Å². The normalized spacial score (nSPS) is 15.2. The first-order chi connectivity index (χ1) is 21.3. The quantitative estimate of drug-likeness (QED) is 0.312. The molecular formula is C30H37F3N8O4. The smallest absolute Gasteiger partial charge is 0.422 e. The summed E-state index contributed by atoms with van der Waals surface area (Å²) in [6.07, 6.45) is -3.25. The summed E-state index contributed by atoms with van der Waals surface area (Å²) in [4.78, 5) is 39.5. The highest BCUT2D eigenvalue weighted by Crippen LogP contribution is 2.21. The van der Waals surface area contributed by atoms with Gasteiger partial charge >= 0.3 is 18.2 Å². The lowest BCUT2D eigenvalue weighted by atomic mass is 10.1. The molecule has 0 spiro atoms. The predicted molar refractivity (Wildman–Crippen MR) is 162 cm³/mol. The van der Waals surface area contributed by atoms with E-state index >= 15 is 0 Å². The van der Waals surface area contributed by atoms with Crippen LogP contribution in [0.15, 0.2) is 48.5 Å². The van der Waals surface area contributed by atoms with E-state index in [2.05, 4.69) is 36.2 Å².